The maximum Gasteiger partial charge on any atom is 0.234 e. The van der Waals surface area contributed by atoms with Crippen molar-refractivity contribution in [1.82, 2.24) is 16.0 Å². The number of ketones is 3. The minimum Gasteiger partial charge on any atom is -0.368 e. The molecule has 1 aromatic carbocycles. The van der Waals surface area contributed by atoms with Gasteiger partial charge in [-0.25, -0.2) is 0 Å². The molecule has 0 unspecified atom stereocenters. The largest absolute Gasteiger partial charge is 0.368 e. The molecule has 1 aliphatic heterocycles. The Morgan fingerprint density at radius 2 is 1.65 bits per heavy atom. The molecule has 8 heteroatoms. The number of primary amides is 1. The lowest BCUT2D eigenvalue weighted by Crippen LogP contribution is -2.59. The van der Waals surface area contributed by atoms with Gasteiger partial charge in [-0.15, -0.1) is 0 Å². The number of nitrogens with one attached hydrogen (secondary N) is 3. The van der Waals surface area contributed by atoms with Gasteiger partial charge in [-0.2, -0.15) is 0 Å². The van der Waals surface area contributed by atoms with E-state index in [1.54, 1.807) is 0 Å². The van der Waals surface area contributed by atoms with Crippen LogP contribution in [-0.2, 0) is 25.6 Å². The zero-order valence-electron chi connectivity index (χ0n) is 24.9. The topological polar surface area (TPSA) is 130 Å². The van der Waals surface area contributed by atoms with E-state index in [0.29, 0.717) is 31.6 Å². The number of nitrogens with two attached hydrogens (primary N) is 1. The van der Waals surface area contributed by atoms with E-state index >= 15 is 0 Å². The molecule has 0 aliphatic carbocycles. The molecule has 5 N–H and O–H groups in total. The van der Waals surface area contributed by atoms with Crippen molar-refractivity contribution in [3.63, 3.8) is 0 Å². The third kappa shape index (κ3) is 11.4. The van der Waals surface area contributed by atoms with Gasteiger partial charge in [0.05, 0.1) is 36.8 Å². The average molecular weight is 555 g/mol. The van der Waals surface area contributed by atoms with Gasteiger partial charge < -0.3 is 5.73 Å². The molecular weight excluding hydrogens is 504 g/mol. The van der Waals surface area contributed by atoms with Crippen molar-refractivity contribution in [2.45, 2.75) is 103 Å². The van der Waals surface area contributed by atoms with E-state index in [-0.39, 0.29) is 37.0 Å². The van der Waals surface area contributed by atoms with Crippen molar-refractivity contribution in [2.24, 2.45) is 11.7 Å². The molecule has 3 atom stereocenters. The van der Waals surface area contributed by atoms with Gasteiger partial charge in [-0.1, -0.05) is 56.3 Å². The van der Waals surface area contributed by atoms with Gasteiger partial charge >= 0.3 is 0 Å². The van der Waals surface area contributed by atoms with Crippen molar-refractivity contribution in [3.8, 4) is 0 Å². The highest BCUT2D eigenvalue weighted by Crippen LogP contribution is 2.21. The highest BCUT2D eigenvalue weighted by molar-refractivity contribution is 5.94. The van der Waals surface area contributed by atoms with E-state index in [1.165, 1.54) is 0 Å². The lowest BCUT2D eigenvalue weighted by atomic mass is 9.86. The minimum absolute atomic E-state index is 0.00260. The molecule has 0 fully saturated rings. The first-order valence-electron chi connectivity index (χ1n) is 14.7. The fourth-order valence-electron chi connectivity index (χ4n) is 4.87. The van der Waals surface area contributed by atoms with Gasteiger partial charge in [0.25, 0.3) is 0 Å². The Morgan fingerprint density at radius 3 is 2.27 bits per heavy atom. The summed E-state index contributed by atoms with van der Waals surface area (Å²) in [5.41, 5.74) is 4.74. The Morgan fingerprint density at radius 1 is 1.00 bits per heavy atom. The summed E-state index contributed by atoms with van der Waals surface area (Å²) in [6, 6.07) is 8.84. The summed E-state index contributed by atoms with van der Waals surface area (Å²) in [7, 11) is 0. The Kier molecular flexibility index (Phi) is 13.9. The number of hydrogen-bond donors (Lipinski definition) is 4. The molecule has 0 saturated carbocycles. The minimum atomic E-state index is -0.965. The first kappa shape index (κ1) is 33.5. The molecule has 1 aromatic rings. The molecule has 0 spiro atoms. The molecule has 0 bridgehead atoms. The summed E-state index contributed by atoms with van der Waals surface area (Å²) < 4.78 is 0. The lowest BCUT2D eigenvalue weighted by molar-refractivity contribution is -0.127. The lowest BCUT2D eigenvalue weighted by Gasteiger charge is -2.34. The number of amides is 1. The predicted molar refractivity (Wildman–Crippen MR) is 160 cm³/mol. The van der Waals surface area contributed by atoms with Crippen molar-refractivity contribution >= 4 is 23.3 Å². The van der Waals surface area contributed by atoms with Crippen LogP contribution < -0.4 is 21.7 Å². The van der Waals surface area contributed by atoms with Gasteiger partial charge in [0, 0.05) is 6.42 Å². The SMILES string of the molecule is CC(C)CCC(=O)CN[C@@]1(C)CCC/C=C\CCC[C@@](C)(C(=O)CN[C@@H](Cc2ccccc2)C(N)=O)NCC1=O. The summed E-state index contributed by atoms with van der Waals surface area (Å²) in [5.74, 6) is -0.168. The van der Waals surface area contributed by atoms with Crippen LogP contribution >= 0.6 is 0 Å². The van der Waals surface area contributed by atoms with Crippen LogP contribution in [0.2, 0.25) is 0 Å². The maximum atomic E-state index is 13.5. The number of allylic oxidation sites excluding steroid dienone is 2. The third-order valence-corrected chi connectivity index (χ3v) is 7.94. The summed E-state index contributed by atoms with van der Waals surface area (Å²) in [4.78, 5) is 51.6. The van der Waals surface area contributed by atoms with Crippen LogP contribution in [0.3, 0.4) is 0 Å². The van der Waals surface area contributed by atoms with Gasteiger partial charge in [0.15, 0.2) is 11.6 Å². The number of benzene rings is 1. The number of rotatable bonds is 13. The van der Waals surface area contributed by atoms with E-state index in [9.17, 15) is 19.2 Å². The maximum absolute atomic E-state index is 13.5. The molecule has 8 nitrogen and oxygen atoms in total. The molecule has 222 valence electrons. The van der Waals surface area contributed by atoms with E-state index in [2.05, 4.69) is 41.9 Å². The van der Waals surface area contributed by atoms with Gasteiger partial charge in [0.1, 0.15) is 5.78 Å². The van der Waals surface area contributed by atoms with Crippen LogP contribution in [0, 0.1) is 5.92 Å². The van der Waals surface area contributed by atoms with Crippen molar-refractivity contribution in [3.05, 3.63) is 48.0 Å². The third-order valence-electron chi connectivity index (χ3n) is 7.94. The summed E-state index contributed by atoms with van der Waals surface area (Å²) in [5, 5.41) is 9.58. The first-order chi connectivity index (χ1) is 18.9. The second-order valence-electron chi connectivity index (χ2n) is 12.0. The van der Waals surface area contributed by atoms with Crippen LogP contribution in [0.25, 0.3) is 0 Å². The van der Waals surface area contributed by atoms with Crippen LogP contribution in [0.5, 0.6) is 0 Å². The predicted octanol–water partition coefficient (Wildman–Crippen LogP) is 3.42. The Bertz CT molecular complexity index is 1010. The quantitative estimate of drug-likeness (QED) is 0.275. The summed E-state index contributed by atoms with van der Waals surface area (Å²) in [6.07, 6.45) is 10.4. The number of carbonyl (C=O) groups excluding carboxylic acids is 4. The summed E-state index contributed by atoms with van der Waals surface area (Å²) in [6.45, 7) is 7.97. The molecule has 1 aliphatic rings. The van der Waals surface area contributed by atoms with Crippen LogP contribution in [-0.4, -0.2) is 60.0 Å². The molecule has 0 aromatic heterocycles. The molecular formula is C32H50N4O4. The van der Waals surface area contributed by atoms with E-state index in [0.717, 1.165) is 37.7 Å². The Hall–Kier alpha value is -2.68. The van der Waals surface area contributed by atoms with Crippen molar-refractivity contribution in [2.75, 3.05) is 19.6 Å². The van der Waals surface area contributed by atoms with Gasteiger partial charge in [-0.05, 0) is 76.7 Å². The Labute approximate surface area is 240 Å². The molecule has 0 saturated heterocycles. The molecule has 1 heterocycles. The monoisotopic (exact) mass is 554 g/mol. The van der Waals surface area contributed by atoms with Crippen molar-refractivity contribution < 1.29 is 19.2 Å². The highest BCUT2D eigenvalue weighted by Gasteiger charge is 2.37. The normalized spacial score (nSPS) is 24.4. The zero-order chi connectivity index (χ0) is 29.6. The van der Waals surface area contributed by atoms with Crippen LogP contribution in [0.15, 0.2) is 42.5 Å². The fraction of sp³-hybridized carbons (Fsp3) is 0.625. The Balaban J connectivity index is 2.10. The van der Waals surface area contributed by atoms with Crippen molar-refractivity contribution in [1.29, 1.82) is 0 Å². The van der Waals surface area contributed by atoms with Gasteiger partial charge in [-0.3, -0.25) is 35.1 Å². The summed E-state index contributed by atoms with van der Waals surface area (Å²) >= 11 is 0. The number of Topliss-reactive ketones (excluding diaryl/α,β-unsaturated/α-hetero) is 3. The van der Waals surface area contributed by atoms with Crippen LogP contribution in [0.4, 0.5) is 0 Å². The molecule has 40 heavy (non-hydrogen) atoms. The standard InChI is InChI=1S/C32H50N4O4/c1-24(2)16-17-26(37)21-35-32(4)19-13-8-6-5-7-12-18-31(3,36-23-29(32)39)28(38)22-34-27(30(33)40)20-25-14-10-9-11-15-25/h5-6,9-11,14-15,24,27,34-36H,7-8,12-13,16-23H2,1-4H3,(H2,33,40)/b6-5-/t27-,31-,32-/m0/s1. The highest BCUT2D eigenvalue weighted by atomic mass is 16.2. The zero-order valence-corrected chi connectivity index (χ0v) is 24.9. The number of carbonyl (C=O) groups is 4. The fourth-order valence-corrected chi connectivity index (χ4v) is 4.87. The smallest absolute Gasteiger partial charge is 0.234 e. The molecule has 2 rings (SSSR count). The number of hydrogen-bond acceptors (Lipinski definition) is 7. The van der Waals surface area contributed by atoms with E-state index in [1.807, 2.05) is 44.2 Å². The van der Waals surface area contributed by atoms with E-state index in [4.69, 9.17) is 5.73 Å². The van der Waals surface area contributed by atoms with Crippen LogP contribution in [0.1, 0.15) is 84.6 Å². The molecule has 1 amide bonds. The molecule has 0 radical (unpaired) electrons. The first-order valence-corrected chi connectivity index (χ1v) is 14.7. The van der Waals surface area contributed by atoms with Gasteiger partial charge in [0.2, 0.25) is 5.91 Å². The van der Waals surface area contributed by atoms with E-state index < -0.39 is 23.0 Å². The second-order valence-corrected chi connectivity index (χ2v) is 12.0. The average Bonchev–Trinajstić information content (AvgIpc) is 2.93. The second kappa shape index (κ2) is 16.6.